The summed E-state index contributed by atoms with van der Waals surface area (Å²) in [6.45, 7) is 0. The number of nitrogens with zero attached hydrogens (tertiary/aromatic N) is 6. The molecule has 0 spiro atoms. The Morgan fingerprint density at radius 1 is 0.234 bits per heavy atom. The van der Waals surface area contributed by atoms with Crippen molar-refractivity contribution < 1.29 is 0 Å². The van der Waals surface area contributed by atoms with Crippen molar-refractivity contribution in [1.29, 1.82) is 0 Å². The van der Waals surface area contributed by atoms with Crippen LogP contribution in [0.1, 0.15) is 0 Å². The van der Waals surface area contributed by atoms with Crippen molar-refractivity contribution in [2.75, 3.05) is 9.80 Å². The first-order valence-corrected chi connectivity index (χ1v) is 21.3. The van der Waals surface area contributed by atoms with Gasteiger partial charge in [0.25, 0.3) is 0 Å². The highest BCUT2D eigenvalue weighted by Crippen LogP contribution is 2.48. The maximum atomic E-state index is 4.54. The van der Waals surface area contributed by atoms with E-state index in [0.29, 0.717) is 0 Å². The average Bonchev–Trinajstić information content (AvgIpc) is 3.38. The number of hydrogen-bond donors (Lipinski definition) is 0. The molecule has 0 aliphatic heterocycles. The fraction of sp³-hybridized carbons (Fsp3) is 0. The molecule has 0 aliphatic carbocycles. The Bertz CT molecular complexity index is 3020. The molecule has 0 fully saturated rings. The summed E-state index contributed by atoms with van der Waals surface area (Å²) in [5.74, 6) is 0. The van der Waals surface area contributed by atoms with Crippen LogP contribution in [0.25, 0.3) is 66.1 Å². The molecule has 0 saturated carbocycles. The molecule has 0 radical (unpaired) electrons. The number of hydrogen-bond acceptors (Lipinski definition) is 6. The van der Waals surface area contributed by atoms with Gasteiger partial charge in [0.1, 0.15) is 0 Å². The molecular formula is C58H40N6. The van der Waals surface area contributed by atoms with Crippen LogP contribution in [0.15, 0.2) is 244 Å². The maximum absolute atomic E-state index is 4.54. The highest BCUT2D eigenvalue weighted by Gasteiger charge is 2.22. The molecule has 7 aromatic carbocycles. The minimum atomic E-state index is 0.954. The number of benzene rings is 7. The van der Waals surface area contributed by atoms with Crippen LogP contribution in [0.5, 0.6) is 0 Å². The fourth-order valence-electron chi connectivity index (χ4n) is 8.88. The molecule has 64 heavy (non-hydrogen) atoms. The Labute approximate surface area is 372 Å². The third-order valence-corrected chi connectivity index (χ3v) is 11.8. The van der Waals surface area contributed by atoms with E-state index in [4.69, 9.17) is 0 Å². The molecule has 0 unspecified atom stereocenters. The molecule has 11 rings (SSSR count). The molecule has 0 N–H and O–H groups in total. The minimum Gasteiger partial charge on any atom is -0.309 e. The second kappa shape index (κ2) is 17.0. The van der Waals surface area contributed by atoms with Crippen molar-refractivity contribution in [3.05, 3.63) is 244 Å². The molecule has 4 heterocycles. The van der Waals surface area contributed by atoms with E-state index in [2.05, 4.69) is 187 Å². The van der Waals surface area contributed by atoms with Crippen molar-refractivity contribution >= 4 is 55.7 Å². The molecule has 6 nitrogen and oxygen atoms in total. The third kappa shape index (κ3) is 7.29. The van der Waals surface area contributed by atoms with E-state index in [1.165, 1.54) is 22.3 Å². The fourth-order valence-corrected chi connectivity index (χ4v) is 8.88. The van der Waals surface area contributed by atoms with Crippen LogP contribution in [0.2, 0.25) is 0 Å². The van der Waals surface area contributed by atoms with Gasteiger partial charge in [-0.25, -0.2) is 0 Å². The van der Waals surface area contributed by atoms with Crippen molar-refractivity contribution in [3.8, 4) is 44.5 Å². The van der Waals surface area contributed by atoms with Crippen LogP contribution >= 0.6 is 0 Å². The Morgan fingerprint density at radius 3 is 0.984 bits per heavy atom. The number of rotatable bonds is 10. The lowest BCUT2D eigenvalue weighted by molar-refractivity contribution is 1.21. The number of anilines is 6. The van der Waals surface area contributed by atoms with E-state index in [9.17, 15) is 0 Å². The number of pyridine rings is 4. The molecule has 0 aliphatic rings. The first-order valence-electron chi connectivity index (χ1n) is 21.3. The van der Waals surface area contributed by atoms with Crippen molar-refractivity contribution in [3.63, 3.8) is 0 Å². The lowest BCUT2D eigenvalue weighted by Gasteiger charge is -2.27. The van der Waals surface area contributed by atoms with Crippen LogP contribution < -0.4 is 9.80 Å². The van der Waals surface area contributed by atoms with Crippen molar-refractivity contribution in [2.45, 2.75) is 0 Å². The van der Waals surface area contributed by atoms with E-state index in [1.807, 2.05) is 86.0 Å². The first-order chi connectivity index (χ1) is 31.8. The molecule has 0 atom stereocenters. The van der Waals surface area contributed by atoms with Crippen LogP contribution in [0.4, 0.5) is 34.1 Å². The largest absolute Gasteiger partial charge is 0.309 e. The van der Waals surface area contributed by atoms with Gasteiger partial charge in [-0.15, -0.1) is 0 Å². The molecule has 0 saturated heterocycles. The summed E-state index contributed by atoms with van der Waals surface area (Å²) in [5.41, 5.74) is 15.2. The second-order valence-electron chi connectivity index (χ2n) is 15.6. The molecule has 302 valence electrons. The Balaban J connectivity index is 1.22. The predicted molar refractivity (Wildman–Crippen MR) is 264 cm³/mol. The highest BCUT2D eigenvalue weighted by atomic mass is 15.2. The summed E-state index contributed by atoms with van der Waals surface area (Å²) in [4.78, 5) is 22.3. The van der Waals surface area contributed by atoms with Gasteiger partial charge in [0.2, 0.25) is 0 Å². The third-order valence-electron chi connectivity index (χ3n) is 11.8. The van der Waals surface area contributed by atoms with Gasteiger partial charge in [-0.1, -0.05) is 121 Å². The van der Waals surface area contributed by atoms with E-state index < -0.39 is 0 Å². The zero-order chi connectivity index (χ0) is 42.7. The molecule has 0 amide bonds. The SMILES string of the molecule is c1ccc(-c2ccc(-c3c4ccc(N(c5ccncc5)c5cccnc5)cc4c(-c4ccc(-c5ccccc5)cc4)c4ccc(N(c5ccncc5)c5cccnc5)cc34)cc2)cc1. The van der Waals surface area contributed by atoms with Crippen molar-refractivity contribution in [2.24, 2.45) is 0 Å². The lowest BCUT2D eigenvalue weighted by atomic mass is 9.84. The van der Waals surface area contributed by atoms with Gasteiger partial charge >= 0.3 is 0 Å². The van der Waals surface area contributed by atoms with Crippen LogP contribution in [0, 0.1) is 0 Å². The zero-order valence-electron chi connectivity index (χ0n) is 34.8. The summed E-state index contributed by atoms with van der Waals surface area (Å²) in [7, 11) is 0. The normalized spacial score (nSPS) is 11.1. The molecule has 0 bridgehead atoms. The summed E-state index contributed by atoms with van der Waals surface area (Å²) in [6, 6.07) is 69.2. The van der Waals surface area contributed by atoms with E-state index >= 15 is 0 Å². The topological polar surface area (TPSA) is 58.0 Å². The van der Waals surface area contributed by atoms with Gasteiger partial charge in [-0.3, -0.25) is 19.9 Å². The first kappa shape index (κ1) is 38.2. The Hall–Kier alpha value is -8.74. The summed E-state index contributed by atoms with van der Waals surface area (Å²) in [6.07, 6.45) is 14.8. The Morgan fingerprint density at radius 2 is 0.609 bits per heavy atom. The van der Waals surface area contributed by atoms with Gasteiger partial charge in [0.15, 0.2) is 0 Å². The van der Waals surface area contributed by atoms with E-state index in [1.54, 1.807) is 0 Å². The Kier molecular flexibility index (Phi) is 10.1. The summed E-state index contributed by atoms with van der Waals surface area (Å²) < 4.78 is 0. The highest BCUT2D eigenvalue weighted by molar-refractivity contribution is 6.22. The van der Waals surface area contributed by atoms with Crippen LogP contribution in [-0.4, -0.2) is 19.9 Å². The van der Waals surface area contributed by atoms with Crippen LogP contribution in [-0.2, 0) is 0 Å². The van der Waals surface area contributed by atoms with Gasteiger partial charge in [0.05, 0.1) is 23.8 Å². The van der Waals surface area contributed by atoms with Crippen LogP contribution in [0.3, 0.4) is 0 Å². The molecule has 11 aromatic rings. The lowest BCUT2D eigenvalue weighted by Crippen LogP contribution is -2.10. The molecular weight excluding hydrogens is 781 g/mol. The smallest absolute Gasteiger partial charge is 0.0644 e. The zero-order valence-corrected chi connectivity index (χ0v) is 34.8. The summed E-state index contributed by atoms with van der Waals surface area (Å²) >= 11 is 0. The van der Waals surface area contributed by atoms with E-state index in [-0.39, 0.29) is 0 Å². The quantitative estimate of drug-likeness (QED) is 0.128. The standard InChI is InChI=1S/C58H40N6/c1-3-9-41(10-4-1)43-15-19-45(20-16-43)57-53-25-23-50(64(48-29-35-60-36-30-48)52-14-8-32-62-40-52)38-56(53)58(46-21-17-44(18-22-46)42-11-5-2-6-12-42)54-26-24-49(37-55(54)57)63(47-27-33-59-34-28-47)51-13-7-31-61-39-51/h1-40H. The van der Waals surface area contributed by atoms with Gasteiger partial charge < -0.3 is 9.80 Å². The second-order valence-corrected chi connectivity index (χ2v) is 15.6. The van der Waals surface area contributed by atoms with Gasteiger partial charge in [0, 0.05) is 59.9 Å². The predicted octanol–water partition coefficient (Wildman–Crippen LogP) is 15.2. The average molecular weight is 821 g/mol. The molecule has 4 aromatic heterocycles. The maximum Gasteiger partial charge on any atom is 0.0644 e. The van der Waals surface area contributed by atoms with E-state index in [0.717, 1.165) is 77.9 Å². The molecule has 6 heteroatoms. The van der Waals surface area contributed by atoms with Crippen molar-refractivity contribution in [1.82, 2.24) is 19.9 Å². The van der Waals surface area contributed by atoms with Gasteiger partial charge in [-0.2, -0.15) is 0 Å². The minimum absolute atomic E-state index is 0.954. The monoisotopic (exact) mass is 820 g/mol. The number of aromatic nitrogens is 4. The number of fused-ring (bicyclic) bond motifs is 2. The summed E-state index contributed by atoms with van der Waals surface area (Å²) in [5, 5.41) is 4.54. The van der Waals surface area contributed by atoms with Gasteiger partial charge in [-0.05, 0) is 139 Å².